The predicted octanol–water partition coefficient (Wildman–Crippen LogP) is 1.83. The van der Waals surface area contributed by atoms with Gasteiger partial charge in [-0.3, -0.25) is 4.98 Å². The molecule has 9 heteroatoms. The average Bonchev–Trinajstić information content (AvgIpc) is 2.94. The molecule has 130 valence electrons. The third-order valence-electron chi connectivity index (χ3n) is 3.26. The molecule has 0 spiro atoms. The van der Waals surface area contributed by atoms with Gasteiger partial charge in [0.2, 0.25) is 0 Å². The van der Waals surface area contributed by atoms with Crippen LogP contribution in [0.2, 0.25) is 0 Å². The van der Waals surface area contributed by atoms with E-state index >= 15 is 0 Å². The first-order valence-corrected chi connectivity index (χ1v) is 8.87. The van der Waals surface area contributed by atoms with Crippen molar-refractivity contribution in [2.75, 3.05) is 6.61 Å². The maximum absolute atomic E-state index is 12.3. The highest BCUT2D eigenvalue weighted by molar-refractivity contribution is 7.89. The molecule has 8 nitrogen and oxygen atoms in total. The van der Waals surface area contributed by atoms with Crippen molar-refractivity contribution in [3.8, 4) is 5.75 Å². The minimum Gasteiger partial charge on any atom is -0.494 e. The molecule has 0 aliphatic rings. The van der Waals surface area contributed by atoms with Gasteiger partial charge in [-0.2, -0.15) is 13.5 Å². The Morgan fingerprint density at radius 2 is 2.12 bits per heavy atom. The van der Waals surface area contributed by atoms with Crippen LogP contribution in [-0.2, 0) is 10.0 Å². The highest BCUT2D eigenvalue weighted by Gasteiger charge is 2.14. The van der Waals surface area contributed by atoms with Crippen molar-refractivity contribution in [3.63, 3.8) is 0 Å². The van der Waals surface area contributed by atoms with Crippen molar-refractivity contribution in [1.82, 2.24) is 9.82 Å². The fraction of sp³-hybridized carbons (Fsp3) is 0.125. The molecule has 0 saturated heterocycles. The molecule has 0 aliphatic carbocycles. The summed E-state index contributed by atoms with van der Waals surface area (Å²) in [6, 6.07) is 11.1. The first-order valence-electron chi connectivity index (χ1n) is 7.38. The number of benzene rings is 2. The van der Waals surface area contributed by atoms with Crippen molar-refractivity contribution in [3.05, 3.63) is 58.6 Å². The van der Waals surface area contributed by atoms with Crippen LogP contribution in [0, 0.1) is 0 Å². The Hall–Kier alpha value is -3.07. The quantitative estimate of drug-likeness (QED) is 0.514. The number of oxazole rings is 1. The van der Waals surface area contributed by atoms with Crippen molar-refractivity contribution >= 4 is 27.3 Å². The number of aromatic nitrogens is 1. The second-order valence-electron chi connectivity index (χ2n) is 5.03. The lowest BCUT2D eigenvalue weighted by molar-refractivity contribution is 0.340. The first kappa shape index (κ1) is 16.8. The molecule has 0 fully saturated rings. The van der Waals surface area contributed by atoms with Crippen LogP contribution in [0.3, 0.4) is 0 Å². The van der Waals surface area contributed by atoms with Crippen LogP contribution < -0.4 is 15.3 Å². The van der Waals surface area contributed by atoms with Gasteiger partial charge in [0, 0.05) is 6.07 Å². The topological polar surface area (TPSA) is 114 Å². The van der Waals surface area contributed by atoms with Crippen LogP contribution in [0.25, 0.3) is 11.1 Å². The molecular weight excluding hydrogens is 346 g/mol. The summed E-state index contributed by atoms with van der Waals surface area (Å²) in [5, 5.41) is 3.76. The Morgan fingerprint density at radius 1 is 1.28 bits per heavy atom. The number of nitrogens with one attached hydrogen (secondary N) is 2. The number of fused-ring (bicyclic) bond motifs is 1. The summed E-state index contributed by atoms with van der Waals surface area (Å²) in [5.74, 6) is 0.0203. The van der Waals surface area contributed by atoms with E-state index in [-0.39, 0.29) is 10.5 Å². The van der Waals surface area contributed by atoms with Gasteiger partial charge < -0.3 is 9.15 Å². The zero-order valence-corrected chi connectivity index (χ0v) is 14.0. The molecule has 0 unspecified atom stereocenters. The maximum Gasteiger partial charge on any atom is 0.417 e. The van der Waals surface area contributed by atoms with Gasteiger partial charge in [-0.25, -0.2) is 9.63 Å². The minimum atomic E-state index is -3.89. The smallest absolute Gasteiger partial charge is 0.417 e. The molecule has 25 heavy (non-hydrogen) atoms. The molecule has 1 heterocycles. The van der Waals surface area contributed by atoms with E-state index < -0.39 is 15.8 Å². The maximum atomic E-state index is 12.3. The summed E-state index contributed by atoms with van der Waals surface area (Å²) in [7, 11) is -3.89. The Labute approximate surface area is 143 Å². The molecular formula is C16H15N3O5S. The van der Waals surface area contributed by atoms with Crippen LogP contribution in [0.5, 0.6) is 5.75 Å². The van der Waals surface area contributed by atoms with Crippen LogP contribution in [0.1, 0.15) is 12.5 Å². The molecule has 0 saturated carbocycles. The van der Waals surface area contributed by atoms with E-state index in [1.807, 2.05) is 6.92 Å². The van der Waals surface area contributed by atoms with Crippen LogP contribution in [0.15, 0.2) is 61.7 Å². The highest BCUT2D eigenvalue weighted by atomic mass is 32.2. The molecule has 2 aromatic carbocycles. The fourth-order valence-corrected chi connectivity index (χ4v) is 2.97. The van der Waals surface area contributed by atoms with Gasteiger partial charge in [-0.1, -0.05) is 12.1 Å². The van der Waals surface area contributed by atoms with Gasteiger partial charge in [-0.15, -0.1) is 0 Å². The lowest BCUT2D eigenvalue weighted by Crippen LogP contribution is -2.18. The fourth-order valence-electron chi connectivity index (χ4n) is 2.17. The van der Waals surface area contributed by atoms with Crippen molar-refractivity contribution in [2.45, 2.75) is 11.8 Å². The average molecular weight is 361 g/mol. The van der Waals surface area contributed by atoms with Crippen LogP contribution in [0.4, 0.5) is 0 Å². The lowest BCUT2D eigenvalue weighted by Gasteiger charge is -2.04. The lowest BCUT2D eigenvalue weighted by atomic mass is 10.2. The molecule has 0 atom stereocenters. The molecule has 1 aromatic heterocycles. The van der Waals surface area contributed by atoms with E-state index in [2.05, 4.69) is 14.9 Å². The second-order valence-corrected chi connectivity index (χ2v) is 6.69. The standard InChI is InChI=1S/C16H15N3O5S/c1-2-23-12-5-3-4-11(8-12)10-17-19-25(21,22)13-6-7-14-15(9-13)24-16(20)18-14/h3-10,19H,2H2,1H3,(H,18,20)/b17-10+. The Kier molecular flexibility index (Phi) is 4.57. The Bertz CT molecular complexity index is 1080. The van der Waals surface area contributed by atoms with E-state index in [0.717, 1.165) is 0 Å². The summed E-state index contributed by atoms with van der Waals surface area (Å²) in [6.45, 7) is 2.41. The summed E-state index contributed by atoms with van der Waals surface area (Å²) < 4.78 is 34.8. The number of sulfonamides is 1. The third kappa shape index (κ3) is 3.89. The number of H-pyrrole nitrogens is 1. The number of hydrogen-bond acceptors (Lipinski definition) is 6. The zero-order valence-electron chi connectivity index (χ0n) is 13.2. The van der Waals surface area contributed by atoms with E-state index in [0.29, 0.717) is 23.4 Å². The summed E-state index contributed by atoms with van der Waals surface area (Å²) in [6.07, 6.45) is 1.37. The normalized spacial score (nSPS) is 11.9. The molecule has 0 amide bonds. The zero-order chi connectivity index (χ0) is 17.9. The third-order valence-corrected chi connectivity index (χ3v) is 4.48. The number of hydrazone groups is 1. The number of aromatic amines is 1. The molecule has 3 aromatic rings. The van der Waals surface area contributed by atoms with Crippen molar-refractivity contribution < 1.29 is 17.6 Å². The van der Waals surface area contributed by atoms with Gasteiger partial charge in [0.25, 0.3) is 10.0 Å². The summed E-state index contributed by atoms with van der Waals surface area (Å²) in [4.78, 5) is 15.6. The minimum absolute atomic E-state index is 0.0667. The highest BCUT2D eigenvalue weighted by Crippen LogP contribution is 2.16. The van der Waals surface area contributed by atoms with Crippen molar-refractivity contribution in [1.29, 1.82) is 0 Å². The molecule has 3 rings (SSSR count). The Balaban J connectivity index is 1.78. The van der Waals surface area contributed by atoms with Crippen molar-refractivity contribution in [2.24, 2.45) is 5.10 Å². The number of nitrogens with zero attached hydrogens (tertiary/aromatic N) is 1. The first-order chi connectivity index (χ1) is 12.0. The number of ether oxygens (including phenoxy) is 1. The number of rotatable bonds is 6. The predicted molar refractivity (Wildman–Crippen MR) is 92.4 cm³/mol. The summed E-state index contributed by atoms with van der Waals surface area (Å²) >= 11 is 0. The van der Waals surface area contributed by atoms with Gasteiger partial charge in [-0.05, 0) is 36.8 Å². The molecule has 2 N–H and O–H groups in total. The van der Waals surface area contributed by atoms with Gasteiger partial charge >= 0.3 is 5.76 Å². The monoisotopic (exact) mass is 361 g/mol. The van der Waals surface area contributed by atoms with Gasteiger partial charge in [0.05, 0.1) is 23.2 Å². The van der Waals surface area contributed by atoms with Gasteiger partial charge in [0.1, 0.15) is 5.75 Å². The second kappa shape index (κ2) is 6.81. The van der Waals surface area contributed by atoms with E-state index in [1.54, 1.807) is 24.3 Å². The SMILES string of the molecule is CCOc1cccc(/C=N/NS(=O)(=O)c2ccc3[nH]c(=O)oc3c2)c1. The largest absolute Gasteiger partial charge is 0.494 e. The molecule has 0 radical (unpaired) electrons. The molecule has 0 aliphatic heterocycles. The van der Waals surface area contributed by atoms with Gasteiger partial charge in [0.15, 0.2) is 5.58 Å². The number of hydrogen-bond donors (Lipinski definition) is 2. The summed E-state index contributed by atoms with van der Waals surface area (Å²) in [5.41, 5.74) is 1.25. The van der Waals surface area contributed by atoms with E-state index in [9.17, 15) is 13.2 Å². The van der Waals surface area contributed by atoms with E-state index in [4.69, 9.17) is 9.15 Å². The van der Waals surface area contributed by atoms with Crippen LogP contribution >= 0.6 is 0 Å². The van der Waals surface area contributed by atoms with E-state index in [1.165, 1.54) is 24.4 Å². The van der Waals surface area contributed by atoms with Crippen LogP contribution in [-0.4, -0.2) is 26.2 Å². The Morgan fingerprint density at radius 3 is 2.92 bits per heavy atom. The molecule has 0 bridgehead atoms.